The van der Waals surface area contributed by atoms with Crippen molar-refractivity contribution in [2.75, 3.05) is 25.0 Å². The fraction of sp³-hybridized carbons (Fsp3) is 0.750. The standard InChI is InChI=1S/C12H23N3S/c1-5-8-15(4)12-14-10(6-2)11(16-12)9-13-7-3/h13H,5-9H2,1-4H3. The molecular weight excluding hydrogens is 218 g/mol. The molecule has 0 spiro atoms. The lowest BCUT2D eigenvalue weighted by atomic mass is 10.3. The Balaban J connectivity index is 2.76. The van der Waals surface area contributed by atoms with Crippen LogP contribution >= 0.6 is 11.3 Å². The van der Waals surface area contributed by atoms with Crippen LogP contribution in [0.1, 0.15) is 37.8 Å². The molecule has 0 unspecified atom stereocenters. The molecule has 0 atom stereocenters. The van der Waals surface area contributed by atoms with Crippen LogP contribution in [0.15, 0.2) is 0 Å². The van der Waals surface area contributed by atoms with Crippen molar-refractivity contribution in [1.29, 1.82) is 0 Å². The highest BCUT2D eigenvalue weighted by atomic mass is 32.1. The number of hydrogen-bond acceptors (Lipinski definition) is 4. The quantitative estimate of drug-likeness (QED) is 0.795. The highest BCUT2D eigenvalue weighted by Crippen LogP contribution is 2.26. The number of anilines is 1. The van der Waals surface area contributed by atoms with Gasteiger partial charge >= 0.3 is 0 Å². The van der Waals surface area contributed by atoms with E-state index < -0.39 is 0 Å². The van der Waals surface area contributed by atoms with Crippen LogP contribution in [-0.2, 0) is 13.0 Å². The highest BCUT2D eigenvalue weighted by Gasteiger charge is 2.11. The van der Waals surface area contributed by atoms with Crippen molar-refractivity contribution in [1.82, 2.24) is 10.3 Å². The van der Waals surface area contributed by atoms with Gasteiger partial charge in [-0.05, 0) is 19.4 Å². The Hall–Kier alpha value is -0.610. The molecule has 0 aliphatic carbocycles. The van der Waals surface area contributed by atoms with Crippen molar-refractivity contribution < 1.29 is 0 Å². The van der Waals surface area contributed by atoms with Crippen molar-refractivity contribution in [2.24, 2.45) is 0 Å². The monoisotopic (exact) mass is 241 g/mol. The summed E-state index contributed by atoms with van der Waals surface area (Å²) in [4.78, 5) is 8.34. The molecule has 1 aromatic heterocycles. The summed E-state index contributed by atoms with van der Waals surface area (Å²) < 4.78 is 0. The summed E-state index contributed by atoms with van der Waals surface area (Å²) in [5, 5.41) is 4.53. The second-order valence-corrected chi connectivity index (χ2v) is 4.98. The molecule has 1 heterocycles. The molecular formula is C12H23N3S. The van der Waals surface area contributed by atoms with Gasteiger partial charge < -0.3 is 10.2 Å². The summed E-state index contributed by atoms with van der Waals surface area (Å²) in [6.07, 6.45) is 2.19. The van der Waals surface area contributed by atoms with Crippen LogP contribution in [0.25, 0.3) is 0 Å². The van der Waals surface area contributed by atoms with Crippen LogP contribution in [-0.4, -0.2) is 25.1 Å². The van der Waals surface area contributed by atoms with Gasteiger partial charge in [0.05, 0.1) is 5.69 Å². The maximum Gasteiger partial charge on any atom is 0.185 e. The molecule has 0 amide bonds. The van der Waals surface area contributed by atoms with E-state index in [-0.39, 0.29) is 0 Å². The molecule has 0 saturated carbocycles. The van der Waals surface area contributed by atoms with Gasteiger partial charge in [-0.15, -0.1) is 11.3 Å². The maximum absolute atomic E-state index is 4.70. The van der Waals surface area contributed by atoms with E-state index in [1.54, 1.807) is 0 Å². The summed E-state index contributed by atoms with van der Waals surface area (Å²) in [6.45, 7) is 9.56. The van der Waals surface area contributed by atoms with E-state index in [4.69, 9.17) is 4.98 Å². The molecule has 1 rings (SSSR count). The van der Waals surface area contributed by atoms with Crippen LogP contribution < -0.4 is 10.2 Å². The number of nitrogens with one attached hydrogen (secondary N) is 1. The molecule has 92 valence electrons. The molecule has 0 bridgehead atoms. The van der Waals surface area contributed by atoms with Crippen LogP contribution in [0.5, 0.6) is 0 Å². The van der Waals surface area contributed by atoms with E-state index in [9.17, 15) is 0 Å². The summed E-state index contributed by atoms with van der Waals surface area (Å²) in [5.74, 6) is 0. The molecule has 0 saturated heterocycles. The first-order chi connectivity index (χ1) is 7.72. The normalized spacial score (nSPS) is 10.8. The predicted octanol–water partition coefficient (Wildman–Crippen LogP) is 2.66. The van der Waals surface area contributed by atoms with Crippen molar-refractivity contribution in [2.45, 2.75) is 40.2 Å². The van der Waals surface area contributed by atoms with Gasteiger partial charge in [0.2, 0.25) is 0 Å². The molecule has 0 aliphatic heterocycles. The molecule has 0 aliphatic rings. The number of aromatic nitrogens is 1. The minimum Gasteiger partial charge on any atom is -0.351 e. The van der Waals surface area contributed by atoms with Gasteiger partial charge in [0, 0.05) is 25.0 Å². The van der Waals surface area contributed by atoms with E-state index in [1.807, 2.05) is 11.3 Å². The fourth-order valence-corrected chi connectivity index (χ4v) is 2.72. The van der Waals surface area contributed by atoms with E-state index in [2.05, 4.69) is 38.0 Å². The highest BCUT2D eigenvalue weighted by molar-refractivity contribution is 7.15. The lowest BCUT2D eigenvalue weighted by molar-refractivity contribution is 0.727. The third-order valence-electron chi connectivity index (χ3n) is 2.52. The molecule has 3 nitrogen and oxygen atoms in total. The zero-order valence-corrected chi connectivity index (χ0v) is 11.7. The number of rotatable bonds is 7. The molecule has 1 aromatic rings. The molecule has 4 heteroatoms. The first-order valence-electron chi connectivity index (χ1n) is 6.13. The zero-order valence-electron chi connectivity index (χ0n) is 10.8. The number of hydrogen-bond donors (Lipinski definition) is 1. The van der Waals surface area contributed by atoms with Gasteiger partial charge in [-0.3, -0.25) is 0 Å². The lowest BCUT2D eigenvalue weighted by Gasteiger charge is -2.13. The van der Waals surface area contributed by atoms with Gasteiger partial charge in [-0.25, -0.2) is 4.98 Å². The molecule has 16 heavy (non-hydrogen) atoms. The third kappa shape index (κ3) is 3.46. The Morgan fingerprint density at radius 2 is 2.06 bits per heavy atom. The average molecular weight is 241 g/mol. The molecule has 0 radical (unpaired) electrons. The van der Waals surface area contributed by atoms with E-state index >= 15 is 0 Å². The summed E-state index contributed by atoms with van der Waals surface area (Å²) >= 11 is 1.82. The topological polar surface area (TPSA) is 28.2 Å². The van der Waals surface area contributed by atoms with Crippen LogP contribution in [0, 0.1) is 0 Å². The Kier molecular flexibility index (Phi) is 5.77. The molecule has 0 fully saturated rings. The third-order valence-corrected chi connectivity index (χ3v) is 3.73. The first kappa shape index (κ1) is 13.5. The summed E-state index contributed by atoms with van der Waals surface area (Å²) in [5.41, 5.74) is 1.25. The first-order valence-corrected chi connectivity index (χ1v) is 6.94. The Bertz CT molecular complexity index is 309. The number of nitrogens with zero attached hydrogens (tertiary/aromatic N) is 2. The smallest absolute Gasteiger partial charge is 0.185 e. The number of thiazole rings is 1. The van der Waals surface area contributed by atoms with Crippen molar-refractivity contribution in [3.63, 3.8) is 0 Å². The van der Waals surface area contributed by atoms with Gasteiger partial charge in [-0.1, -0.05) is 20.8 Å². The Morgan fingerprint density at radius 3 is 2.62 bits per heavy atom. The summed E-state index contributed by atoms with van der Waals surface area (Å²) in [7, 11) is 2.12. The maximum atomic E-state index is 4.70. The van der Waals surface area contributed by atoms with Gasteiger partial charge in [0.1, 0.15) is 0 Å². The van der Waals surface area contributed by atoms with Crippen molar-refractivity contribution in [3.8, 4) is 0 Å². The van der Waals surface area contributed by atoms with Gasteiger partial charge in [0.15, 0.2) is 5.13 Å². The largest absolute Gasteiger partial charge is 0.351 e. The zero-order chi connectivity index (χ0) is 12.0. The molecule has 1 N–H and O–H groups in total. The Morgan fingerprint density at radius 1 is 1.31 bits per heavy atom. The van der Waals surface area contributed by atoms with E-state index in [0.29, 0.717) is 0 Å². The number of aryl methyl sites for hydroxylation is 1. The minimum atomic E-state index is 0.956. The SMILES string of the molecule is CCCN(C)c1nc(CC)c(CNCC)s1. The van der Waals surface area contributed by atoms with Crippen LogP contribution in [0.3, 0.4) is 0 Å². The fourth-order valence-electron chi connectivity index (χ4n) is 1.62. The van der Waals surface area contributed by atoms with Crippen LogP contribution in [0.4, 0.5) is 5.13 Å². The van der Waals surface area contributed by atoms with Gasteiger partial charge in [-0.2, -0.15) is 0 Å². The van der Waals surface area contributed by atoms with Crippen molar-refractivity contribution in [3.05, 3.63) is 10.6 Å². The van der Waals surface area contributed by atoms with Crippen molar-refractivity contribution >= 4 is 16.5 Å². The van der Waals surface area contributed by atoms with Gasteiger partial charge in [0.25, 0.3) is 0 Å². The minimum absolute atomic E-state index is 0.956. The average Bonchev–Trinajstić information content (AvgIpc) is 2.70. The lowest BCUT2D eigenvalue weighted by Crippen LogP contribution is -2.17. The predicted molar refractivity (Wildman–Crippen MR) is 72.4 cm³/mol. The second kappa shape index (κ2) is 6.86. The van der Waals surface area contributed by atoms with E-state index in [0.717, 1.165) is 31.2 Å². The Labute approximate surface area is 103 Å². The van der Waals surface area contributed by atoms with Crippen LogP contribution in [0.2, 0.25) is 0 Å². The molecule has 0 aromatic carbocycles. The van der Waals surface area contributed by atoms with E-state index in [1.165, 1.54) is 17.0 Å². The second-order valence-electron chi connectivity index (χ2n) is 3.92. The summed E-state index contributed by atoms with van der Waals surface area (Å²) in [6, 6.07) is 0.